The molecule has 1 amide bonds. The van der Waals surface area contributed by atoms with E-state index in [1.165, 1.54) is 6.42 Å². The molecule has 2 atom stereocenters. The van der Waals surface area contributed by atoms with E-state index in [0.717, 1.165) is 19.4 Å². The van der Waals surface area contributed by atoms with E-state index in [2.05, 4.69) is 17.5 Å². The number of allylic oxidation sites excluding steroid dienone is 2. The third-order valence-electron chi connectivity index (χ3n) is 2.36. The minimum absolute atomic E-state index is 0.0467. The summed E-state index contributed by atoms with van der Waals surface area (Å²) in [6.45, 7) is 2.47. The van der Waals surface area contributed by atoms with E-state index in [0.29, 0.717) is 5.92 Å². The van der Waals surface area contributed by atoms with Crippen LogP contribution < -0.4 is 11.1 Å². The molecular formula is C10H18N2O. The van der Waals surface area contributed by atoms with Gasteiger partial charge in [0.25, 0.3) is 0 Å². The Labute approximate surface area is 79.4 Å². The predicted molar refractivity (Wildman–Crippen MR) is 53.1 cm³/mol. The Balaban J connectivity index is 2.18. The number of amides is 1. The molecule has 3 nitrogen and oxygen atoms in total. The maximum atomic E-state index is 11.1. The van der Waals surface area contributed by atoms with Crippen molar-refractivity contribution in [3.63, 3.8) is 0 Å². The Morgan fingerprint density at radius 3 is 3.00 bits per heavy atom. The van der Waals surface area contributed by atoms with Crippen molar-refractivity contribution in [2.24, 2.45) is 11.7 Å². The van der Waals surface area contributed by atoms with E-state index in [1.54, 1.807) is 6.92 Å². The van der Waals surface area contributed by atoms with E-state index in [1.807, 2.05) is 0 Å². The van der Waals surface area contributed by atoms with Crippen molar-refractivity contribution in [2.75, 3.05) is 6.54 Å². The maximum Gasteiger partial charge on any atom is 0.236 e. The summed E-state index contributed by atoms with van der Waals surface area (Å²) in [7, 11) is 0. The van der Waals surface area contributed by atoms with Crippen LogP contribution in [0.25, 0.3) is 0 Å². The second kappa shape index (κ2) is 5.02. The molecule has 1 aliphatic rings. The van der Waals surface area contributed by atoms with Gasteiger partial charge in [0.15, 0.2) is 0 Å². The molecule has 0 saturated carbocycles. The molecule has 3 heteroatoms. The quantitative estimate of drug-likeness (QED) is 0.634. The van der Waals surface area contributed by atoms with Gasteiger partial charge < -0.3 is 11.1 Å². The molecule has 1 aliphatic carbocycles. The van der Waals surface area contributed by atoms with Crippen LogP contribution in [0, 0.1) is 5.92 Å². The molecule has 0 heterocycles. The summed E-state index contributed by atoms with van der Waals surface area (Å²) < 4.78 is 0. The van der Waals surface area contributed by atoms with Gasteiger partial charge in [-0.2, -0.15) is 0 Å². The summed E-state index contributed by atoms with van der Waals surface area (Å²) in [6, 6.07) is -0.390. The fourth-order valence-corrected chi connectivity index (χ4v) is 1.45. The molecule has 2 unspecified atom stereocenters. The monoisotopic (exact) mass is 182 g/mol. The Hall–Kier alpha value is -0.830. The first-order valence-corrected chi connectivity index (χ1v) is 4.88. The highest BCUT2D eigenvalue weighted by atomic mass is 16.2. The van der Waals surface area contributed by atoms with Crippen molar-refractivity contribution in [1.29, 1.82) is 0 Å². The van der Waals surface area contributed by atoms with Gasteiger partial charge in [-0.15, -0.1) is 0 Å². The summed E-state index contributed by atoms with van der Waals surface area (Å²) in [5.74, 6) is 0.558. The number of nitrogens with two attached hydrogens (primary N) is 1. The lowest BCUT2D eigenvalue weighted by Gasteiger charge is -2.18. The fourth-order valence-electron chi connectivity index (χ4n) is 1.45. The lowest BCUT2D eigenvalue weighted by atomic mass is 9.94. The average molecular weight is 182 g/mol. The van der Waals surface area contributed by atoms with Gasteiger partial charge in [-0.25, -0.2) is 0 Å². The average Bonchev–Trinajstić information content (AvgIpc) is 2.15. The molecule has 3 N–H and O–H groups in total. The lowest BCUT2D eigenvalue weighted by Crippen LogP contribution is -2.40. The lowest BCUT2D eigenvalue weighted by molar-refractivity contribution is -0.122. The molecule has 0 aliphatic heterocycles. The second-order valence-electron chi connectivity index (χ2n) is 3.68. The number of rotatable bonds is 3. The predicted octanol–water partition coefficient (Wildman–Crippen LogP) is 0.806. The minimum atomic E-state index is -0.390. The molecule has 74 valence electrons. The van der Waals surface area contributed by atoms with Gasteiger partial charge in [0.1, 0.15) is 0 Å². The number of carbonyl (C=O) groups excluding carboxylic acids is 1. The van der Waals surface area contributed by atoms with Crippen molar-refractivity contribution in [1.82, 2.24) is 5.32 Å². The number of nitrogens with one attached hydrogen (secondary N) is 1. The summed E-state index contributed by atoms with van der Waals surface area (Å²) in [6.07, 6.45) is 7.78. The van der Waals surface area contributed by atoms with Crippen molar-refractivity contribution in [2.45, 2.75) is 32.2 Å². The smallest absolute Gasteiger partial charge is 0.236 e. The van der Waals surface area contributed by atoms with Crippen molar-refractivity contribution in [3.05, 3.63) is 12.2 Å². The molecule has 0 fully saturated rings. The highest BCUT2D eigenvalue weighted by Crippen LogP contribution is 2.16. The highest BCUT2D eigenvalue weighted by Gasteiger charge is 2.12. The van der Waals surface area contributed by atoms with Gasteiger partial charge in [0, 0.05) is 6.54 Å². The van der Waals surface area contributed by atoms with E-state index in [-0.39, 0.29) is 11.9 Å². The zero-order valence-corrected chi connectivity index (χ0v) is 8.12. The molecule has 0 aromatic carbocycles. The molecule has 0 aromatic rings. The first kappa shape index (κ1) is 10.3. The molecular weight excluding hydrogens is 164 g/mol. The molecule has 0 radical (unpaired) electrons. The normalized spacial score (nSPS) is 24.0. The van der Waals surface area contributed by atoms with Crippen molar-refractivity contribution < 1.29 is 4.79 Å². The Morgan fingerprint density at radius 2 is 2.46 bits per heavy atom. The van der Waals surface area contributed by atoms with Crippen LogP contribution in [0.2, 0.25) is 0 Å². The van der Waals surface area contributed by atoms with Gasteiger partial charge in [-0.3, -0.25) is 4.79 Å². The fraction of sp³-hybridized carbons (Fsp3) is 0.700. The Bertz CT molecular complexity index is 199. The topological polar surface area (TPSA) is 55.1 Å². The van der Waals surface area contributed by atoms with Crippen LogP contribution in [-0.4, -0.2) is 18.5 Å². The first-order valence-electron chi connectivity index (χ1n) is 4.88. The van der Waals surface area contributed by atoms with Crippen molar-refractivity contribution in [3.8, 4) is 0 Å². The molecule has 0 saturated heterocycles. The van der Waals surface area contributed by atoms with Gasteiger partial charge in [0.05, 0.1) is 6.04 Å². The maximum absolute atomic E-state index is 11.1. The van der Waals surface area contributed by atoms with Crippen LogP contribution in [0.4, 0.5) is 0 Å². The van der Waals surface area contributed by atoms with E-state index in [9.17, 15) is 4.79 Å². The number of carbonyl (C=O) groups is 1. The second-order valence-corrected chi connectivity index (χ2v) is 3.68. The largest absolute Gasteiger partial charge is 0.354 e. The van der Waals surface area contributed by atoms with Gasteiger partial charge in [-0.05, 0) is 32.1 Å². The zero-order chi connectivity index (χ0) is 9.68. The van der Waals surface area contributed by atoms with E-state index < -0.39 is 0 Å². The number of hydrogen-bond acceptors (Lipinski definition) is 2. The summed E-state index contributed by atoms with van der Waals surface area (Å²) in [4.78, 5) is 11.1. The Kier molecular flexibility index (Phi) is 3.96. The zero-order valence-electron chi connectivity index (χ0n) is 8.12. The summed E-state index contributed by atoms with van der Waals surface area (Å²) in [5, 5.41) is 2.85. The first-order chi connectivity index (χ1) is 6.20. The van der Waals surface area contributed by atoms with E-state index in [4.69, 9.17) is 5.73 Å². The van der Waals surface area contributed by atoms with Crippen LogP contribution in [0.5, 0.6) is 0 Å². The Morgan fingerprint density at radius 1 is 1.69 bits per heavy atom. The van der Waals surface area contributed by atoms with Crippen LogP contribution in [0.15, 0.2) is 12.2 Å². The molecule has 0 aromatic heterocycles. The SMILES string of the molecule is CC(N)C(=O)NCC1CC=CCC1. The molecule has 0 bridgehead atoms. The third-order valence-corrected chi connectivity index (χ3v) is 2.36. The molecule has 13 heavy (non-hydrogen) atoms. The van der Waals surface area contributed by atoms with Crippen LogP contribution in [0.1, 0.15) is 26.2 Å². The van der Waals surface area contributed by atoms with Gasteiger partial charge in [-0.1, -0.05) is 12.2 Å². The van der Waals surface area contributed by atoms with Crippen molar-refractivity contribution >= 4 is 5.91 Å². The molecule has 0 spiro atoms. The minimum Gasteiger partial charge on any atom is -0.354 e. The number of hydrogen-bond donors (Lipinski definition) is 2. The van der Waals surface area contributed by atoms with Gasteiger partial charge >= 0.3 is 0 Å². The third kappa shape index (κ3) is 3.59. The van der Waals surface area contributed by atoms with Gasteiger partial charge in [0.2, 0.25) is 5.91 Å². The summed E-state index contributed by atoms with van der Waals surface area (Å²) in [5.41, 5.74) is 5.43. The van der Waals surface area contributed by atoms with Crippen LogP contribution in [0.3, 0.4) is 0 Å². The van der Waals surface area contributed by atoms with Crippen LogP contribution >= 0.6 is 0 Å². The van der Waals surface area contributed by atoms with E-state index >= 15 is 0 Å². The molecule has 1 rings (SSSR count). The van der Waals surface area contributed by atoms with Crippen LogP contribution in [-0.2, 0) is 4.79 Å². The highest BCUT2D eigenvalue weighted by molar-refractivity contribution is 5.80. The standard InChI is InChI=1S/C10H18N2O/c1-8(11)10(13)12-7-9-5-3-2-4-6-9/h2-3,8-9H,4-7,11H2,1H3,(H,12,13). The summed E-state index contributed by atoms with van der Waals surface area (Å²) >= 11 is 0.